The lowest BCUT2D eigenvalue weighted by molar-refractivity contribution is -0.123. The molecule has 3 rings (SSSR count). The molecule has 3 nitrogen and oxygen atoms in total. The number of hydrogen-bond acceptors (Lipinski definition) is 2. The molecule has 2 fully saturated rings. The number of likely N-dealkylation sites (tertiary alicyclic amines) is 1. The Bertz CT molecular complexity index is 470. The summed E-state index contributed by atoms with van der Waals surface area (Å²) in [6.07, 6.45) is 4.46. The van der Waals surface area contributed by atoms with E-state index in [1.807, 2.05) is 0 Å². The van der Waals surface area contributed by atoms with Gasteiger partial charge in [0.1, 0.15) is 0 Å². The summed E-state index contributed by atoms with van der Waals surface area (Å²) in [4.78, 5) is 14.3. The van der Waals surface area contributed by atoms with Crippen molar-refractivity contribution in [1.82, 2.24) is 10.2 Å². The van der Waals surface area contributed by atoms with Gasteiger partial charge in [0.15, 0.2) is 0 Å². The fourth-order valence-electron chi connectivity index (χ4n) is 2.83. The van der Waals surface area contributed by atoms with Crippen LogP contribution in [0.1, 0.15) is 31.2 Å². The van der Waals surface area contributed by atoms with Crippen molar-refractivity contribution in [2.75, 3.05) is 13.1 Å². The summed E-state index contributed by atoms with van der Waals surface area (Å²) in [6, 6.07) is 8.84. The zero-order chi connectivity index (χ0) is 13.9. The molecule has 1 aliphatic heterocycles. The van der Waals surface area contributed by atoms with Gasteiger partial charge in [-0.05, 0) is 49.9 Å². The van der Waals surface area contributed by atoms with Crippen LogP contribution in [0.5, 0.6) is 0 Å². The Labute approximate surface area is 128 Å². The summed E-state index contributed by atoms with van der Waals surface area (Å²) < 4.78 is 1.12. The molecule has 2 aliphatic rings. The Morgan fingerprint density at radius 1 is 1.25 bits per heavy atom. The molecular formula is C16H21BrN2O. The van der Waals surface area contributed by atoms with Gasteiger partial charge in [-0.15, -0.1) is 0 Å². The molecule has 1 heterocycles. The molecule has 1 saturated heterocycles. The first-order valence-corrected chi connectivity index (χ1v) is 8.27. The number of piperidine rings is 1. The maximum absolute atomic E-state index is 11.8. The first-order chi connectivity index (χ1) is 9.70. The Hall–Kier alpha value is -0.870. The maximum atomic E-state index is 11.8. The van der Waals surface area contributed by atoms with E-state index in [1.165, 1.54) is 12.0 Å². The summed E-state index contributed by atoms with van der Waals surface area (Å²) >= 11 is 3.47. The Balaban J connectivity index is 1.52. The minimum Gasteiger partial charge on any atom is -0.352 e. The van der Waals surface area contributed by atoms with E-state index in [2.05, 4.69) is 50.4 Å². The zero-order valence-electron chi connectivity index (χ0n) is 11.6. The van der Waals surface area contributed by atoms with Crippen molar-refractivity contribution in [3.05, 3.63) is 34.3 Å². The second kappa shape index (κ2) is 6.27. The average Bonchev–Trinajstić information content (AvgIpc) is 3.26. The maximum Gasteiger partial charge on any atom is 0.223 e. The summed E-state index contributed by atoms with van der Waals surface area (Å²) in [5, 5.41) is 3.22. The van der Waals surface area contributed by atoms with Crippen LogP contribution in [0.2, 0.25) is 0 Å². The minimum absolute atomic E-state index is 0.278. The highest BCUT2D eigenvalue weighted by Gasteiger charge is 2.31. The van der Waals surface area contributed by atoms with E-state index in [0.29, 0.717) is 12.0 Å². The third-order valence-corrected chi connectivity index (χ3v) is 4.65. The van der Waals surface area contributed by atoms with Crippen molar-refractivity contribution in [3.8, 4) is 0 Å². The lowest BCUT2D eigenvalue weighted by Gasteiger charge is -2.33. The van der Waals surface area contributed by atoms with Crippen LogP contribution in [0.15, 0.2) is 28.7 Å². The third-order valence-electron chi connectivity index (χ3n) is 4.12. The van der Waals surface area contributed by atoms with Crippen LogP contribution in [0.4, 0.5) is 0 Å². The Kier molecular flexibility index (Phi) is 4.41. The van der Waals surface area contributed by atoms with Crippen molar-refractivity contribution in [2.45, 2.75) is 38.3 Å². The molecule has 108 valence electrons. The lowest BCUT2D eigenvalue weighted by Crippen LogP contribution is -2.47. The number of amides is 1. The SMILES string of the molecule is O=C(NC1CCCN(Cc2ccc(Br)cc2)C1)C1CC1. The smallest absolute Gasteiger partial charge is 0.223 e. The van der Waals surface area contributed by atoms with Crippen LogP contribution >= 0.6 is 15.9 Å². The normalized spacial score (nSPS) is 23.6. The van der Waals surface area contributed by atoms with Crippen LogP contribution in [0.3, 0.4) is 0 Å². The molecule has 1 atom stereocenters. The van der Waals surface area contributed by atoms with E-state index in [-0.39, 0.29) is 5.91 Å². The molecule has 4 heteroatoms. The van der Waals surface area contributed by atoms with E-state index in [1.54, 1.807) is 0 Å². The molecule has 1 unspecified atom stereocenters. The first kappa shape index (κ1) is 14.1. The van der Waals surface area contributed by atoms with E-state index in [9.17, 15) is 4.79 Å². The van der Waals surface area contributed by atoms with E-state index in [4.69, 9.17) is 0 Å². The van der Waals surface area contributed by atoms with Crippen LogP contribution < -0.4 is 5.32 Å². The van der Waals surface area contributed by atoms with Gasteiger partial charge in [-0.25, -0.2) is 0 Å². The molecule has 1 amide bonds. The minimum atomic E-state index is 0.278. The van der Waals surface area contributed by atoms with Crippen LogP contribution in [0.25, 0.3) is 0 Å². The van der Waals surface area contributed by atoms with Crippen LogP contribution in [-0.2, 0) is 11.3 Å². The number of halogens is 1. The van der Waals surface area contributed by atoms with Gasteiger partial charge in [-0.2, -0.15) is 0 Å². The molecular weight excluding hydrogens is 316 g/mol. The number of benzene rings is 1. The first-order valence-electron chi connectivity index (χ1n) is 7.48. The monoisotopic (exact) mass is 336 g/mol. The second-order valence-corrected chi connectivity index (χ2v) is 6.90. The standard InChI is InChI=1S/C16H21BrN2O/c17-14-7-3-12(4-8-14)10-19-9-1-2-15(11-19)18-16(20)13-5-6-13/h3-4,7-8,13,15H,1-2,5-6,9-11H2,(H,18,20). The molecule has 1 N–H and O–H groups in total. The Morgan fingerprint density at radius 2 is 2.00 bits per heavy atom. The van der Waals surface area contributed by atoms with Crippen molar-refractivity contribution in [1.29, 1.82) is 0 Å². The molecule has 1 aromatic rings. The summed E-state index contributed by atoms with van der Waals surface area (Å²) in [7, 11) is 0. The van der Waals surface area contributed by atoms with Gasteiger partial charge in [-0.3, -0.25) is 9.69 Å². The molecule has 20 heavy (non-hydrogen) atoms. The van der Waals surface area contributed by atoms with Gasteiger partial charge in [0.05, 0.1) is 0 Å². The average molecular weight is 337 g/mol. The molecule has 0 bridgehead atoms. The summed E-state index contributed by atoms with van der Waals surface area (Å²) in [5.41, 5.74) is 1.34. The van der Waals surface area contributed by atoms with E-state index in [0.717, 1.165) is 43.4 Å². The number of hydrogen-bond donors (Lipinski definition) is 1. The summed E-state index contributed by atoms with van der Waals surface area (Å²) in [5.74, 6) is 0.595. The fourth-order valence-corrected chi connectivity index (χ4v) is 3.09. The van der Waals surface area contributed by atoms with Crippen LogP contribution in [-0.4, -0.2) is 29.9 Å². The predicted octanol–water partition coefficient (Wildman–Crippen LogP) is 2.94. The highest BCUT2D eigenvalue weighted by atomic mass is 79.9. The highest BCUT2D eigenvalue weighted by Crippen LogP contribution is 2.29. The van der Waals surface area contributed by atoms with Gasteiger partial charge in [0.2, 0.25) is 5.91 Å². The predicted molar refractivity (Wildman–Crippen MR) is 83.3 cm³/mol. The number of nitrogens with one attached hydrogen (secondary N) is 1. The van der Waals surface area contributed by atoms with Crippen molar-refractivity contribution >= 4 is 21.8 Å². The number of rotatable bonds is 4. The third kappa shape index (κ3) is 3.83. The second-order valence-electron chi connectivity index (χ2n) is 5.98. The van der Waals surface area contributed by atoms with E-state index >= 15 is 0 Å². The van der Waals surface area contributed by atoms with Gasteiger partial charge >= 0.3 is 0 Å². The van der Waals surface area contributed by atoms with Crippen LogP contribution in [0, 0.1) is 5.92 Å². The highest BCUT2D eigenvalue weighted by molar-refractivity contribution is 9.10. The zero-order valence-corrected chi connectivity index (χ0v) is 13.2. The molecule has 0 spiro atoms. The van der Waals surface area contributed by atoms with E-state index < -0.39 is 0 Å². The number of nitrogens with zero attached hydrogens (tertiary/aromatic N) is 1. The molecule has 1 aliphatic carbocycles. The number of carbonyl (C=O) groups excluding carboxylic acids is 1. The van der Waals surface area contributed by atoms with Crippen molar-refractivity contribution in [2.24, 2.45) is 5.92 Å². The topological polar surface area (TPSA) is 32.3 Å². The van der Waals surface area contributed by atoms with Gasteiger partial charge in [0.25, 0.3) is 0 Å². The van der Waals surface area contributed by atoms with Gasteiger partial charge in [0, 0.05) is 29.5 Å². The number of carbonyl (C=O) groups is 1. The van der Waals surface area contributed by atoms with Crippen molar-refractivity contribution in [3.63, 3.8) is 0 Å². The van der Waals surface area contributed by atoms with Crippen molar-refractivity contribution < 1.29 is 4.79 Å². The fraction of sp³-hybridized carbons (Fsp3) is 0.562. The Morgan fingerprint density at radius 3 is 2.70 bits per heavy atom. The largest absolute Gasteiger partial charge is 0.352 e. The lowest BCUT2D eigenvalue weighted by atomic mass is 10.0. The quantitative estimate of drug-likeness (QED) is 0.916. The molecule has 0 aromatic heterocycles. The molecule has 0 radical (unpaired) electrons. The molecule has 1 aromatic carbocycles. The van der Waals surface area contributed by atoms with Gasteiger partial charge in [-0.1, -0.05) is 28.1 Å². The molecule has 1 saturated carbocycles. The van der Waals surface area contributed by atoms with Gasteiger partial charge < -0.3 is 5.32 Å². The summed E-state index contributed by atoms with van der Waals surface area (Å²) in [6.45, 7) is 3.09.